The number of aryl methyl sites for hydroxylation is 2. The van der Waals surface area contributed by atoms with E-state index < -0.39 is 17.7 Å². The van der Waals surface area contributed by atoms with E-state index in [2.05, 4.69) is 57.8 Å². The number of hydrogen-bond acceptors (Lipinski definition) is 8. The Morgan fingerprint density at radius 1 is 0.825 bits per heavy atom. The molecule has 2 atom stereocenters. The molecule has 1 amide bonds. The number of halogens is 3. The Bertz CT molecular complexity index is 1200. The number of aromatic nitrogens is 2. The molecule has 0 N–H and O–H groups in total. The topological polar surface area (TPSA) is 100 Å². The first-order valence-electron chi connectivity index (χ1n) is 13.0. The second-order valence-electron chi connectivity index (χ2n) is 10.6. The summed E-state index contributed by atoms with van der Waals surface area (Å²) in [5.74, 6) is -1.27. The van der Waals surface area contributed by atoms with Crippen molar-refractivity contribution >= 4 is 59.5 Å². The molecule has 0 spiro atoms. The number of pyridine rings is 2. The Morgan fingerprint density at radius 3 is 1.77 bits per heavy atom. The molecule has 3 saturated heterocycles. The fraction of sp³-hybridized carbons (Fsp3) is 0.571. The maximum absolute atomic E-state index is 12.1. The van der Waals surface area contributed by atoms with Crippen LogP contribution in [0.25, 0.3) is 0 Å². The van der Waals surface area contributed by atoms with Gasteiger partial charge in [-0.25, -0.2) is 9.97 Å². The van der Waals surface area contributed by atoms with E-state index in [0.29, 0.717) is 18.8 Å². The first-order chi connectivity index (χ1) is 18.7. The normalized spacial score (nSPS) is 22.7. The van der Waals surface area contributed by atoms with Crippen molar-refractivity contribution in [2.75, 3.05) is 26.3 Å². The van der Waals surface area contributed by atoms with Gasteiger partial charge in [-0.1, -0.05) is 0 Å². The van der Waals surface area contributed by atoms with Gasteiger partial charge in [-0.3, -0.25) is 9.59 Å². The Hall–Kier alpha value is -1.28. The number of hydrogen-bond donors (Lipinski definition) is 0. The van der Waals surface area contributed by atoms with Crippen molar-refractivity contribution in [1.29, 1.82) is 0 Å². The predicted octanol–water partition coefficient (Wildman–Crippen LogP) is 6.16. The fourth-order valence-corrected chi connectivity index (χ4v) is 5.05. The molecule has 0 saturated carbocycles. The zero-order chi connectivity index (χ0) is 29.7. The highest BCUT2D eigenvalue weighted by molar-refractivity contribution is 9.11. The Kier molecular flexibility index (Phi) is 11.8. The van der Waals surface area contributed by atoms with E-state index in [-0.39, 0.29) is 17.8 Å². The standard InChI is InChI=1S/C12H14BrNO3.C10H17NO3.C6H5Br2N/c1-7-4-8(5-14-11(7)13)10(15)9-6-16-12(2,3)17-9;1-10(2)13-7-8(14-10)9(12)11-5-3-4-6-11;1-4-2-5(7)3-9-6(4)8/h4-5,9H,6H2,1-3H3;8H,3-7H2,1-2H3;2-3H,1H3/t9-;8-;/m00./s1. The highest BCUT2D eigenvalue weighted by Crippen LogP contribution is 2.26. The summed E-state index contributed by atoms with van der Waals surface area (Å²) in [7, 11) is 0. The minimum absolute atomic E-state index is 0.0846. The van der Waals surface area contributed by atoms with Gasteiger partial charge in [0.15, 0.2) is 23.5 Å². The van der Waals surface area contributed by atoms with Gasteiger partial charge in [0.05, 0.1) is 13.2 Å². The van der Waals surface area contributed by atoms with Gasteiger partial charge < -0.3 is 23.8 Å². The van der Waals surface area contributed by atoms with E-state index in [9.17, 15) is 9.59 Å². The quantitative estimate of drug-likeness (QED) is 0.272. The molecule has 3 fully saturated rings. The lowest BCUT2D eigenvalue weighted by Gasteiger charge is -2.20. The van der Waals surface area contributed by atoms with E-state index in [1.807, 2.05) is 38.7 Å². The van der Waals surface area contributed by atoms with Crippen molar-refractivity contribution in [1.82, 2.24) is 14.9 Å². The number of carbonyl (C=O) groups excluding carboxylic acids is 2. The highest BCUT2D eigenvalue weighted by Gasteiger charge is 2.39. The van der Waals surface area contributed by atoms with Crippen LogP contribution < -0.4 is 0 Å². The van der Waals surface area contributed by atoms with Crippen LogP contribution in [0.4, 0.5) is 0 Å². The van der Waals surface area contributed by atoms with Gasteiger partial charge in [-0.15, -0.1) is 0 Å². The fourth-order valence-electron chi connectivity index (χ4n) is 4.17. The van der Waals surface area contributed by atoms with Gasteiger partial charge in [0, 0.05) is 35.5 Å². The van der Waals surface area contributed by atoms with Crippen LogP contribution >= 0.6 is 47.8 Å². The molecule has 5 heterocycles. The van der Waals surface area contributed by atoms with E-state index in [1.54, 1.807) is 32.3 Å². The third-order valence-corrected chi connectivity index (χ3v) is 8.38. The van der Waals surface area contributed by atoms with Crippen molar-refractivity contribution in [3.63, 3.8) is 0 Å². The predicted molar refractivity (Wildman–Crippen MR) is 161 cm³/mol. The monoisotopic (exact) mass is 747 g/mol. The van der Waals surface area contributed by atoms with Gasteiger partial charge in [0.1, 0.15) is 15.3 Å². The van der Waals surface area contributed by atoms with Crippen LogP contribution in [0.2, 0.25) is 0 Å². The smallest absolute Gasteiger partial charge is 0.254 e. The molecule has 2 aromatic heterocycles. The van der Waals surface area contributed by atoms with Gasteiger partial charge in [-0.05, 0) is 125 Å². The van der Waals surface area contributed by atoms with Crippen LogP contribution in [0.15, 0.2) is 38.2 Å². The molecule has 12 heteroatoms. The van der Waals surface area contributed by atoms with Gasteiger partial charge in [0.25, 0.3) is 5.91 Å². The molecule has 0 bridgehead atoms. The minimum atomic E-state index is -0.682. The van der Waals surface area contributed by atoms with Gasteiger partial charge in [0.2, 0.25) is 0 Å². The molecule has 0 radical (unpaired) electrons. The molecule has 3 aliphatic rings. The maximum atomic E-state index is 12.1. The molecular formula is C28H36Br3N3O6. The summed E-state index contributed by atoms with van der Waals surface area (Å²) in [5, 5.41) is 0. The number of ketones is 1. The average Bonchev–Trinajstić information content (AvgIpc) is 3.63. The summed E-state index contributed by atoms with van der Waals surface area (Å²) in [6, 6.07) is 3.81. The van der Waals surface area contributed by atoms with E-state index in [1.165, 1.54) is 0 Å². The number of ether oxygens (including phenoxy) is 4. The Labute approximate surface area is 261 Å². The second kappa shape index (κ2) is 14.3. The van der Waals surface area contributed by atoms with Crippen LogP contribution in [0.3, 0.4) is 0 Å². The van der Waals surface area contributed by atoms with Crippen molar-refractivity contribution in [3.8, 4) is 0 Å². The second-order valence-corrected chi connectivity index (χ2v) is 13.0. The van der Waals surface area contributed by atoms with Gasteiger partial charge in [-0.2, -0.15) is 0 Å². The number of rotatable bonds is 3. The number of Topliss-reactive ketones (excluding diaryl/α,β-unsaturated/α-hetero) is 1. The third-order valence-electron chi connectivity index (χ3n) is 6.28. The van der Waals surface area contributed by atoms with E-state index in [0.717, 1.165) is 50.7 Å². The maximum Gasteiger partial charge on any atom is 0.254 e. The summed E-state index contributed by atoms with van der Waals surface area (Å²) < 4.78 is 24.4. The number of amides is 1. The van der Waals surface area contributed by atoms with Crippen LogP contribution in [-0.4, -0.2) is 76.6 Å². The lowest BCUT2D eigenvalue weighted by Crippen LogP contribution is -2.39. The summed E-state index contributed by atoms with van der Waals surface area (Å²) in [4.78, 5) is 34.0. The Balaban J connectivity index is 0.000000173. The number of carbonyl (C=O) groups is 2. The number of nitrogens with zero attached hydrogens (tertiary/aromatic N) is 3. The van der Waals surface area contributed by atoms with Crippen LogP contribution in [0.1, 0.15) is 62.0 Å². The summed E-state index contributed by atoms with van der Waals surface area (Å²) in [6.07, 6.45) is 4.62. The molecule has 40 heavy (non-hydrogen) atoms. The Morgan fingerprint density at radius 2 is 1.32 bits per heavy atom. The van der Waals surface area contributed by atoms with Crippen molar-refractivity contribution < 1.29 is 28.5 Å². The molecule has 5 rings (SSSR count). The van der Waals surface area contributed by atoms with Crippen molar-refractivity contribution in [3.05, 3.63) is 54.9 Å². The van der Waals surface area contributed by atoms with E-state index in [4.69, 9.17) is 18.9 Å². The largest absolute Gasteiger partial charge is 0.347 e. The molecule has 2 aromatic rings. The zero-order valence-corrected chi connectivity index (χ0v) is 28.4. The van der Waals surface area contributed by atoms with Crippen molar-refractivity contribution in [2.24, 2.45) is 0 Å². The van der Waals surface area contributed by atoms with Crippen molar-refractivity contribution in [2.45, 2.75) is 78.2 Å². The minimum Gasteiger partial charge on any atom is -0.347 e. The first kappa shape index (κ1) is 33.2. The first-order valence-corrected chi connectivity index (χ1v) is 15.4. The lowest BCUT2D eigenvalue weighted by molar-refractivity contribution is -0.159. The van der Waals surface area contributed by atoms with Crippen LogP contribution in [0, 0.1) is 13.8 Å². The molecule has 220 valence electrons. The SMILES string of the molecule is CC1(C)OC[C@@H](C(=O)N2CCCC2)O1.Cc1cc(Br)cnc1Br.Cc1cc(C(=O)[C@@H]2COC(C)(C)O2)cnc1Br. The molecule has 3 aliphatic heterocycles. The molecular weight excluding hydrogens is 714 g/mol. The number of likely N-dealkylation sites (tertiary alicyclic amines) is 1. The summed E-state index contributed by atoms with van der Waals surface area (Å²) >= 11 is 9.91. The van der Waals surface area contributed by atoms with E-state index >= 15 is 0 Å². The molecule has 0 aromatic carbocycles. The molecule has 0 unspecified atom stereocenters. The summed E-state index contributed by atoms with van der Waals surface area (Å²) in [5.41, 5.74) is 2.62. The van der Waals surface area contributed by atoms with Crippen LogP contribution in [-0.2, 0) is 23.7 Å². The summed E-state index contributed by atoms with van der Waals surface area (Å²) in [6.45, 7) is 13.6. The average molecular weight is 750 g/mol. The molecule has 9 nitrogen and oxygen atoms in total. The zero-order valence-electron chi connectivity index (χ0n) is 23.6. The molecule has 0 aliphatic carbocycles. The third kappa shape index (κ3) is 9.64. The lowest BCUT2D eigenvalue weighted by atomic mass is 10.1. The highest BCUT2D eigenvalue weighted by atomic mass is 79.9. The van der Waals surface area contributed by atoms with Gasteiger partial charge >= 0.3 is 0 Å². The van der Waals surface area contributed by atoms with Crippen LogP contribution in [0.5, 0.6) is 0 Å².